The van der Waals surface area contributed by atoms with E-state index in [1.807, 2.05) is 0 Å². The molecule has 0 amide bonds. The molecule has 1 heterocycles. The van der Waals surface area contributed by atoms with Crippen molar-refractivity contribution < 1.29 is 4.39 Å². The second kappa shape index (κ2) is 3.95. The van der Waals surface area contributed by atoms with Gasteiger partial charge in [0.1, 0.15) is 6.17 Å². The molecule has 0 aromatic carbocycles. The number of alkyl halides is 1. The van der Waals surface area contributed by atoms with Crippen LogP contribution in [0.4, 0.5) is 4.39 Å². The molecule has 13 heavy (non-hydrogen) atoms. The summed E-state index contributed by atoms with van der Waals surface area (Å²) in [5.74, 6) is 0.903. The monoisotopic (exact) mass is 185 g/mol. The maximum atomic E-state index is 13.0. The van der Waals surface area contributed by atoms with E-state index in [-0.39, 0.29) is 0 Å². The van der Waals surface area contributed by atoms with E-state index in [9.17, 15) is 4.39 Å². The fraction of sp³-hybridized carbons (Fsp3) is 1.00. The molecule has 0 spiro atoms. The fourth-order valence-electron chi connectivity index (χ4n) is 2.68. The SMILES string of the molecule is CC1CCC(N2CC[C@@H](F)C2)CC1. The van der Waals surface area contributed by atoms with E-state index in [1.165, 1.54) is 25.7 Å². The third kappa shape index (κ3) is 2.22. The first-order chi connectivity index (χ1) is 6.25. The van der Waals surface area contributed by atoms with Gasteiger partial charge in [0.05, 0.1) is 0 Å². The van der Waals surface area contributed by atoms with Gasteiger partial charge >= 0.3 is 0 Å². The molecular formula is C11H20FN. The Kier molecular flexibility index (Phi) is 2.87. The second-order valence-corrected chi connectivity index (χ2v) is 4.79. The molecular weight excluding hydrogens is 165 g/mol. The lowest BCUT2D eigenvalue weighted by molar-refractivity contribution is 0.159. The van der Waals surface area contributed by atoms with Crippen LogP contribution in [0.5, 0.6) is 0 Å². The number of hydrogen-bond donors (Lipinski definition) is 0. The Morgan fingerprint density at radius 1 is 1.08 bits per heavy atom. The van der Waals surface area contributed by atoms with Crippen molar-refractivity contribution in [3.63, 3.8) is 0 Å². The molecule has 2 fully saturated rings. The van der Waals surface area contributed by atoms with Crippen LogP contribution in [0.15, 0.2) is 0 Å². The zero-order valence-electron chi connectivity index (χ0n) is 8.51. The summed E-state index contributed by atoms with van der Waals surface area (Å²) in [5, 5.41) is 0. The summed E-state index contributed by atoms with van der Waals surface area (Å²) >= 11 is 0. The Balaban J connectivity index is 1.81. The zero-order chi connectivity index (χ0) is 9.26. The van der Waals surface area contributed by atoms with Gasteiger partial charge in [-0.05, 0) is 38.0 Å². The minimum Gasteiger partial charge on any atom is -0.297 e. The molecule has 0 aromatic heterocycles. The maximum Gasteiger partial charge on any atom is 0.114 e. The molecule has 2 heteroatoms. The zero-order valence-corrected chi connectivity index (χ0v) is 8.51. The van der Waals surface area contributed by atoms with Gasteiger partial charge in [0, 0.05) is 19.1 Å². The third-order valence-electron chi connectivity index (χ3n) is 3.66. The van der Waals surface area contributed by atoms with Crippen molar-refractivity contribution in [3.8, 4) is 0 Å². The van der Waals surface area contributed by atoms with Crippen LogP contribution in [0.2, 0.25) is 0 Å². The summed E-state index contributed by atoms with van der Waals surface area (Å²) in [5.41, 5.74) is 0. The number of likely N-dealkylation sites (tertiary alicyclic amines) is 1. The fourth-order valence-corrected chi connectivity index (χ4v) is 2.68. The lowest BCUT2D eigenvalue weighted by atomic mass is 9.87. The first kappa shape index (κ1) is 9.45. The van der Waals surface area contributed by atoms with Crippen molar-refractivity contribution >= 4 is 0 Å². The molecule has 1 aliphatic carbocycles. The minimum absolute atomic E-state index is 0.542. The molecule has 1 aliphatic heterocycles. The predicted octanol–water partition coefficient (Wildman–Crippen LogP) is 2.61. The van der Waals surface area contributed by atoms with E-state index in [0.717, 1.165) is 18.9 Å². The summed E-state index contributed by atoms with van der Waals surface area (Å²) < 4.78 is 13.0. The van der Waals surface area contributed by atoms with Gasteiger partial charge in [0.2, 0.25) is 0 Å². The van der Waals surface area contributed by atoms with Gasteiger partial charge in [-0.2, -0.15) is 0 Å². The smallest absolute Gasteiger partial charge is 0.114 e. The topological polar surface area (TPSA) is 3.24 Å². The van der Waals surface area contributed by atoms with E-state index in [4.69, 9.17) is 0 Å². The molecule has 0 radical (unpaired) electrons. The number of halogens is 1. The van der Waals surface area contributed by atoms with Crippen molar-refractivity contribution in [3.05, 3.63) is 0 Å². The van der Waals surface area contributed by atoms with Crippen LogP contribution < -0.4 is 0 Å². The Labute approximate surface area is 80.3 Å². The number of rotatable bonds is 1. The normalized spacial score (nSPS) is 42.5. The largest absolute Gasteiger partial charge is 0.297 e. The average molecular weight is 185 g/mol. The average Bonchev–Trinajstić information content (AvgIpc) is 2.53. The van der Waals surface area contributed by atoms with Crippen LogP contribution in [-0.2, 0) is 0 Å². The predicted molar refractivity (Wildman–Crippen MR) is 52.5 cm³/mol. The Hall–Kier alpha value is -0.110. The molecule has 0 unspecified atom stereocenters. The number of nitrogens with zero attached hydrogens (tertiary/aromatic N) is 1. The van der Waals surface area contributed by atoms with E-state index in [1.54, 1.807) is 0 Å². The summed E-state index contributed by atoms with van der Waals surface area (Å²) in [6.45, 7) is 4.04. The van der Waals surface area contributed by atoms with E-state index < -0.39 is 6.17 Å². The van der Waals surface area contributed by atoms with E-state index in [2.05, 4.69) is 11.8 Å². The van der Waals surface area contributed by atoms with Crippen molar-refractivity contribution in [2.45, 2.75) is 51.2 Å². The van der Waals surface area contributed by atoms with Crippen LogP contribution in [0, 0.1) is 5.92 Å². The van der Waals surface area contributed by atoms with Gasteiger partial charge in [-0.3, -0.25) is 4.90 Å². The summed E-state index contributed by atoms with van der Waals surface area (Å²) in [6.07, 6.45) is 5.52. The molecule has 0 N–H and O–H groups in total. The van der Waals surface area contributed by atoms with Crippen LogP contribution in [-0.4, -0.2) is 30.2 Å². The van der Waals surface area contributed by atoms with Crippen LogP contribution in [0.1, 0.15) is 39.0 Å². The Morgan fingerprint density at radius 2 is 1.77 bits per heavy atom. The minimum atomic E-state index is -0.542. The first-order valence-electron chi connectivity index (χ1n) is 5.64. The van der Waals surface area contributed by atoms with Crippen molar-refractivity contribution in [1.29, 1.82) is 0 Å². The highest BCUT2D eigenvalue weighted by Gasteiger charge is 2.29. The van der Waals surface area contributed by atoms with E-state index >= 15 is 0 Å². The van der Waals surface area contributed by atoms with Crippen molar-refractivity contribution in [2.75, 3.05) is 13.1 Å². The molecule has 0 aromatic rings. The summed E-state index contributed by atoms with van der Waals surface area (Å²) in [4.78, 5) is 2.37. The van der Waals surface area contributed by atoms with Crippen LogP contribution in [0.25, 0.3) is 0 Å². The highest BCUT2D eigenvalue weighted by molar-refractivity contribution is 4.84. The number of hydrogen-bond acceptors (Lipinski definition) is 1. The molecule has 76 valence electrons. The quantitative estimate of drug-likeness (QED) is 0.607. The van der Waals surface area contributed by atoms with E-state index in [0.29, 0.717) is 12.6 Å². The molecule has 1 atom stereocenters. The maximum absolute atomic E-state index is 13.0. The summed E-state index contributed by atoms with van der Waals surface area (Å²) in [7, 11) is 0. The lowest BCUT2D eigenvalue weighted by Gasteiger charge is -2.33. The van der Waals surface area contributed by atoms with Gasteiger partial charge in [0.25, 0.3) is 0 Å². The Bertz CT molecular complexity index is 163. The van der Waals surface area contributed by atoms with Gasteiger partial charge in [0.15, 0.2) is 0 Å². The van der Waals surface area contributed by atoms with Crippen LogP contribution >= 0.6 is 0 Å². The highest BCUT2D eigenvalue weighted by atomic mass is 19.1. The van der Waals surface area contributed by atoms with Gasteiger partial charge in [-0.25, -0.2) is 4.39 Å². The van der Waals surface area contributed by atoms with Crippen LogP contribution in [0.3, 0.4) is 0 Å². The standard InChI is InChI=1S/C11H20FN/c1-9-2-4-11(5-3-9)13-7-6-10(12)8-13/h9-11H,2-8H2,1H3/t9?,10-,11?/m1/s1. The van der Waals surface area contributed by atoms with Crippen molar-refractivity contribution in [2.24, 2.45) is 5.92 Å². The van der Waals surface area contributed by atoms with Gasteiger partial charge < -0.3 is 0 Å². The Morgan fingerprint density at radius 3 is 2.31 bits per heavy atom. The molecule has 2 rings (SSSR count). The van der Waals surface area contributed by atoms with Gasteiger partial charge in [-0.15, -0.1) is 0 Å². The summed E-state index contributed by atoms with van der Waals surface area (Å²) in [6, 6.07) is 0.706. The first-order valence-corrected chi connectivity index (χ1v) is 5.64. The van der Waals surface area contributed by atoms with Crippen molar-refractivity contribution in [1.82, 2.24) is 4.90 Å². The molecule has 1 nitrogen and oxygen atoms in total. The van der Waals surface area contributed by atoms with Gasteiger partial charge in [-0.1, -0.05) is 6.92 Å². The molecule has 1 saturated carbocycles. The lowest BCUT2D eigenvalue weighted by Crippen LogP contribution is -2.36. The molecule has 1 saturated heterocycles. The molecule has 0 bridgehead atoms. The third-order valence-corrected chi connectivity index (χ3v) is 3.66. The molecule has 2 aliphatic rings. The highest BCUT2D eigenvalue weighted by Crippen LogP contribution is 2.29. The second-order valence-electron chi connectivity index (χ2n) is 4.79.